The minimum atomic E-state index is -1.07. The van der Waals surface area contributed by atoms with E-state index in [1.54, 1.807) is 13.8 Å². The summed E-state index contributed by atoms with van der Waals surface area (Å²) in [6, 6.07) is 0. The fourth-order valence-corrected chi connectivity index (χ4v) is 9.64. The molecule has 0 saturated heterocycles. The van der Waals surface area contributed by atoms with Gasteiger partial charge >= 0.3 is 0 Å². The summed E-state index contributed by atoms with van der Waals surface area (Å²) in [5, 5.41) is 43.3. The van der Waals surface area contributed by atoms with Crippen LogP contribution in [-0.4, -0.2) is 44.3 Å². The summed E-state index contributed by atoms with van der Waals surface area (Å²) >= 11 is 0. The molecule has 0 aromatic rings. The number of rotatable bonds is 5. The van der Waals surface area contributed by atoms with Crippen LogP contribution in [0, 0.1) is 45.3 Å². The lowest BCUT2D eigenvalue weighted by Crippen LogP contribution is -2.64. The second-order valence-electron chi connectivity index (χ2n) is 14.6. The SMILES string of the molecule is C[C@H](CC[C@@H](O)C(C)(C)O)[C@H]1CC[C@@]2(C)C3CC=C4[C@@H](CC[C@H](O)C4(C)C)[C@]3(C)[C@H](O)C[C@]12C. The van der Waals surface area contributed by atoms with Gasteiger partial charge < -0.3 is 20.4 Å². The average Bonchev–Trinajstić information content (AvgIpc) is 2.99. The lowest BCUT2D eigenvalue weighted by atomic mass is 9.38. The van der Waals surface area contributed by atoms with Crippen LogP contribution >= 0.6 is 0 Å². The average molecular weight is 477 g/mol. The molecule has 0 aromatic carbocycles. The largest absolute Gasteiger partial charge is 0.393 e. The van der Waals surface area contributed by atoms with E-state index in [0.717, 1.165) is 32.1 Å². The highest BCUT2D eigenvalue weighted by molar-refractivity contribution is 5.31. The second-order valence-corrected chi connectivity index (χ2v) is 14.6. The number of aliphatic hydroxyl groups excluding tert-OH is 3. The van der Waals surface area contributed by atoms with Crippen molar-refractivity contribution >= 4 is 0 Å². The van der Waals surface area contributed by atoms with Crippen molar-refractivity contribution in [2.75, 3.05) is 0 Å². The van der Waals surface area contributed by atoms with Gasteiger partial charge in [0.05, 0.1) is 23.9 Å². The number of allylic oxidation sites excluding steroid dienone is 1. The third kappa shape index (κ3) is 3.60. The first-order valence-electron chi connectivity index (χ1n) is 14.0. The topological polar surface area (TPSA) is 80.9 Å². The Morgan fingerprint density at radius 3 is 2.24 bits per heavy atom. The van der Waals surface area contributed by atoms with Crippen LogP contribution in [0.3, 0.4) is 0 Å². The maximum atomic E-state index is 11.9. The first-order chi connectivity index (χ1) is 15.5. The molecule has 4 nitrogen and oxygen atoms in total. The summed E-state index contributed by atoms with van der Waals surface area (Å²) in [4.78, 5) is 0. The van der Waals surface area contributed by atoms with Gasteiger partial charge in [0.15, 0.2) is 0 Å². The summed E-state index contributed by atoms with van der Waals surface area (Å²) in [5.74, 6) is 1.74. The van der Waals surface area contributed by atoms with E-state index in [9.17, 15) is 20.4 Å². The molecule has 4 aliphatic rings. The van der Waals surface area contributed by atoms with E-state index in [1.165, 1.54) is 18.4 Å². The molecule has 1 unspecified atom stereocenters. The van der Waals surface area contributed by atoms with E-state index < -0.39 is 11.7 Å². The van der Waals surface area contributed by atoms with Gasteiger partial charge in [0.25, 0.3) is 0 Å². The van der Waals surface area contributed by atoms with Gasteiger partial charge in [-0.1, -0.05) is 53.2 Å². The minimum absolute atomic E-state index is 0.0603. The predicted octanol–water partition coefficient (Wildman–Crippen LogP) is 5.47. The zero-order valence-corrected chi connectivity index (χ0v) is 23.1. The van der Waals surface area contributed by atoms with Crippen molar-refractivity contribution < 1.29 is 20.4 Å². The van der Waals surface area contributed by atoms with Gasteiger partial charge in [-0.2, -0.15) is 0 Å². The highest BCUT2D eigenvalue weighted by atomic mass is 16.3. The molecule has 3 saturated carbocycles. The molecule has 196 valence electrons. The molecule has 0 spiro atoms. The highest BCUT2D eigenvalue weighted by Crippen LogP contribution is 2.74. The Balaban J connectivity index is 1.63. The second kappa shape index (κ2) is 8.30. The van der Waals surface area contributed by atoms with Crippen LogP contribution in [-0.2, 0) is 0 Å². The Bertz CT molecular complexity index is 811. The first kappa shape index (κ1) is 26.6. The van der Waals surface area contributed by atoms with Crippen molar-refractivity contribution in [2.24, 2.45) is 45.3 Å². The van der Waals surface area contributed by atoms with Crippen molar-refractivity contribution in [3.63, 3.8) is 0 Å². The molecular weight excluding hydrogens is 424 g/mol. The van der Waals surface area contributed by atoms with Crippen LogP contribution in [0.25, 0.3) is 0 Å². The summed E-state index contributed by atoms with van der Waals surface area (Å²) < 4.78 is 0. The van der Waals surface area contributed by atoms with Crippen LogP contribution in [0.4, 0.5) is 0 Å². The van der Waals surface area contributed by atoms with Crippen LogP contribution in [0.5, 0.6) is 0 Å². The Morgan fingerprint density at radius 1 is 0.971 bits per heavy atom. The van der Waals surface area contributed by atoms with E-state index in [2.05, 4.69) is 47.6 Å². The maximum Gasteiger partial charge on any atom is 0.0849 e. The molecule has 0 radical (unpaired) electrons. The molecule has 0 amide bonds. The van der Waals surface area contributed by atoms with E-state index >= 15 is 0 Å². The van der Waals surface area contributed by atoms with Crippen LogP contribution < -0.4 is 0 Å². The molecule has 34 heavy (non-hydrogen) atoms. The van der Waals surface area contributed by atoms with Crippen molar-refractivity contribution in [1.29, 1.82) is 0 Å². The van der Waals surface area contributed by atoms with Gasteiger partial charge in [-0.3, -0.25) is 0 Å². The molecule has 0 heterocycles. The smallest absolute Gasteiger partial charge is 0.0849 e. The number of aliphatic hydroxyl groups is 4. The quantitative estimate of drug-likeness (QED) is 0.397. The standard InChI is InChI=1S/C30H52O4/c1-18(9-13-24(32)27(4,5)34)19-15-16-28(6)22-12-10-20-21(11-14-23(31)26(20,2)3)30(22,8)25(33)17-29(19,28)7/h10,18-19,21-25,31-34H,9,11-17H2,1-8H3/t18-,19-,21-,22?,23+,24-,25-,28+,29-,30+/m1/s1. The summed E-state index contributed by atoms with van der Waals surface area (Å²) in [7, 11) is 0. The van der Waals surface area contributed by atoms with Crippen molar-refractivity contribution in [3.8, 4) is 0 Å². The fraction of sp³-hybridized carbons (Fsp3) is 0.933. The Labute approximate surface area is 208 Å². The molecule has 10 atom stereocenters. The van der Waals surface area contributed by atoms with Crippen molar-refractivity contribution in [3.05, 3.63) is 11.6 Å². The fourth-order valence-electron chi connectivity index (χ4n) is 9.64. The number of fused-ring (bicyclic) bond motifs is 5. The molecule has 0 aromatic heterocycles. The lowest BCUT2D eigenvalue weighted by Gasteiger charge is -2.67. The number of hydrogen-bond donors (Lipinski definition) is 4. The van der Waals surface area contributed by atoms with Gasteiger partial charge in [-0.25, -0.2) is 0 Å². The van der Waals surface area contributed by atoms with Crippen LogP contribution in [0.2, 0.25) is 0 Å². The molecule has 4 heteroatoms. The Kier molecular flexibility index (Phi) is 6.50. The van der Waals surface area contributed by atoms with E-state index in [1.807, 2.05) is 0 Å². The number of hydrogen-bond acceptors (Lipinski definition) is 4. The monoisotopic (exact) mass is 476 g/mol. The highest BCUT2D eigenvalue weighted by Gasteiger charge is 2.70. The van der Waals surface area contributed by atoms with Gasteiger partial charge in [0, 0.05) is 10.8 Å². The van der Waals surface area contributed by atoms with E-state index in [4.69, 9.17) is 0 Å². The molecule has 3 fully saturated rings. The lowest BCUT2D eigenvalue weighted by molar-refractivity contribution is -0.204. The molecule has 0 aliphatic heterocycles. The molecule has 4 N–H and O–H groups in total. The molecule has 4 aliphatic carbocycles. The summed E-state index contributed by atoms with van der Waals surface area (Å²) in [5.41, 5.74) is 0.184. The minimum Gasteiger partial charge on any atom is -0.393 e. The molecule has 0 bridgehead atoms. The van der Waals surface area contributed by atoms with Crippen molar-refractivity contribution in [2.45, 2.75) is 131 Å². The third-order valence-electron chi connectivity index (χ3n) is 12.4. The zero-order valence-electron chi connectivity index (χ0n) is 23.1. The predicted molar refractivity (Wildman–Crippen MR) is 137 cm³/mol. The summed E-state index contributed by atoms with van der Waals surface area (Å²) in [6.07, 6.45) is 8.64. The maximum absolute atomic E-state index is 11.9. The van der Waals surface area contributed by atoms with Crippen LogP contribution in [0.1, 0.15) is 107 Å². The zero-order chi connectivity index (χ0) is 25.5. The van der Waals surface area contributed by atoms with Gasteiger partial charge in [0.2, 0.25) is 0 Å². The first-order valence-corrected chi connectivity index (χ1v) is 14.0. The van der Waals surface area contributed by atoms with E-state index in [0.29, 0.717) is 30.1 Å². The van der Waals surface area contributed by atoms with Gasteiger partial charge in [0.1, 0.15) is 0 Å². The normalized spacial score (nSPS) is 47.8. The van der Waals surface area contributed by atoms with Crippen molar-refractivity contribution in [1.82, 2.24) is 0 Å². The Morgan fingerprint density at radius 2 is 1.62 bits per heavy atom. The Hall–Kier alpha value is -0.420. The molecular formula is C30H52O4. The summed E-state index contributed by atoms with van der Waals surface area (Å²) in [6.45, 7) is 17.4. The van der Waals surface area contributed by atoms with Gasteiger partial charge in [-0.15, -0.1) is 0 Å². The molecule has 4 rings (SSSR count). The van der Waals surface area contributed by atoms with Gasteiger partial charge in [-0.05, 0) is 99.7 Å². The third-order valence-corrected chi connectivity index (χ3v) is 12.4. The van der Waals surface area contributed by atoms with Crippen LogP contribution in [0.15, 0.2) is 11.6 Å². The van der Waals surface area contributed by atoms with E-state index in [-0.39, 0.29) is 33.9 Å².